The molecule has 2 amide bonds. The number of amides is 2. The first-order valence-electron chi connectivity index (χ1n) is 8.30. The normalized spacial score (nSPS) is 13.8. The highest BCUT2D eigenvalue weighted by molar-refractivity contribution is 6.17. The van der Waals surface area contributed by atoms with Crippen LogP contribution in [0.15, 0.2) is 48.5 Å². The van der Waals surface area contributed by atoms with Crippen LogP contribution in [0, 0.1) is 16.7 Å². The minimum atomic E-state index is -1.18. The molecule has 27 heavy (non-hydrogen) atoms. The summed E-state index contributed by atoms with van der Waals surface area (Å²) in [6.45, 7) is 0. The van der Waals surface area contributed by atoms with E-state index in [-0.39, 0.29) is 0 Å². The first-order chi connectivity index (χ1) is 13.0. The van der Waals surface area contributed by atoms with Crippen LogP contribution in [-0.2, 0) is 14.3 Å². The Morgan fingerprint density at radius 3 is 2.41 bits per heavy atom. The highest BCUT2D eigenvalue weighted by Gasteiger charge is 2.56. The summed E-state index contributed by atoms with van der Waals surface area (Å²) in [6, 6.07) is 14.9. The van der Waals surface area contributed by atoms with Crippen molar-refractivity contribution in [2.24, 2.45) is 5.41 Å². The minimum absolute atomic E-state index is 0.299. The van der Waals surface area contributed by atoms with Crippen molar-refractivity contribution in [1.82, 2.24) is 0 Å². The number of nitrogens with one attached hydrogen (secondary N) is 2. The van der Waals surface area contributed by atoms with Gasteiger partial charge >= 0.3 is 5.97 Å². The lowest BCUT2D eigenvalue weighted by molar-refractivity contribution is -0.131. The molecule has 1 aliphatic carbocycles. The number of anilines is 2. The maximum atomic E-state index is 12.7. The third-order valence-electron chi connectivity index (χ3n) is 4.46. The average Bonchev–Trinajstić information content (AvgIpc) is 3.50. The molecule has 136 valence electrons. The van der Waals surface area contributed by atoms with E-state index in [1.807, 2.05) is 6.07 Å². The summed E-state index contributed by atoms with van der Waals surface area (Å²) in [6.07, 6.45) is 0.826. The second-order valence-corrected chi connectivity index (χ2v) is 6.22. The molecule has 1 saturated carbocycles. The van der Waals surface area contributed by atoms with E-state index >= 15 is 0 Å². The van der Waals surface area contributed by atoms with Crippen LogP contribution in [0.2, 0.25) is 0 Å². The van der Waals surface area contributed by atoms with Crippen LogP contribution in [0.25, 0.3) is 0 Å². The van der Waals surface area contributed by atoms with E-state index in [0.29, 0.717) is 35.3 Å². The van der Waals surface area contributed by atoms with Crippen LogP contribution < -0.4 is 10.6 Å². The fourth-order valence-electron chi connectivity index (χ4n) is 2.71. The number of carbonyl (C=O) groups excluding carboxylic acids is 3. The van der Waals surface area contributed by atoms with Crippen LogP contribution in [0.3, 0.4) is 0 Å². The monoisotopic (exact) mass is 363 g/mol. The van der Waals surface area contributed by atoms with Gasteiger partial charge in [-0.1, -0.05) is 18.2 Å². The molecular weight excluding hydrogens is 346 g/mol. The van der Waals surface area contributed by atoms with Crippen LogP contribution in [-0.4, -0.2) is 24.9 Å². The van der Waals surface area contributed by atoms with Gasteiger partial charge in [-0.3, -0.25) is 9.59 Å². The van der Waals surface area contributed by atoms with Gasteiger partial charge in [-0.2, -0.15) is 5.26 Å². The lowest BCUT2D eigenvalue weighted by Gasteiger charge is -2.16. The first-order valence-corrected chi connectivity index (χ1v) is 8.30. The summed E-state index contributed by atoms with van der Waals surface area (Å²) in [7, 11) is 1.27. The van der Waals surface area contributed by atoms with Gasteiger partial charge in [0.05, 0.1) is 23.9 Å². The molecule has 0 aliphatic heterocycles. The van der Waals surface area contributed by atoms with Crippen LogP contribution in [0.5, 0.6) is 0 Å². The van der Waals surface area contributed by atoms with Gasteiger partial charge in [0.1, 0.15) is 11.5 Å². The highest BCUT2D eigenvalue weighted by Crippen LogP contribution is 2.47. The Bertz CT molecular complexity index is 958. The van der Waals surface area contributed by atoms with E-state index in [0.717, 1.165) is 0 Å². The summed E-state index contributed by atoms with van der Waals surface area (Å²) in [5, 5.41) is 14.5. The SMILES string of the molecule is COC(=O)c1cccc(NC(=O)C2(C(=O)Nc3ccccc3C#N)CC2)c1. The Balaban J connectivity index is 1.74. The van der Waals surface area contributed by atoms with E-state index in [4.69, 9.17) is 5.26 Å². The quantitative estimate of drug-likeness (QED) is 0.627. The molecular formula is C20H17N3O4. The predicted octanol–water partition coefficient (Wildman–Crippen LogP) is 2.70. The van der Waals surface area contributed by atoms with Gasteiger partial charge in [-0.15, -0.1) is 0 Å². The minimum Gasteiger partial charge on any atom is -0.465 e. The van der Waals surface area contributed by atoms with E-state index in [9.17, 15) is 14.4 Å². The Hall–Kier alpha value is -3.66. The maximum Gasteiger partial charge on any atom is 0.337 e. The second-order valence-electron chi connectivity index (χ2n) is 6.22. The topological polar surface area (TPSA) is 108 Å². The molecule has 1 fully saturated rings. The Morgan fingerprint density at radius 1 is 1.04 bits per heavy atom. The molecule has 0 aromatic heterocycles. The van der Waals surface area contributed by atoms with Gasteiger partial charge in [0.25, 0.3) is 0 Å². The van der Waals surface area contributed by atoms with Crippen molar-refractivity contribution in [2.75, 3.05) is 17.7 Å². The smallest absolute Gasteiger partial charge is 0.337 e. The summed E-state index contributed by atoms with van der Waals surface area (Å²) >= 11 is 0. The number of benzene rings is 2. The highest BCUT2D eigenvalue weighted by atomic mass is 16.5. The molecule has 1 aliphatic rings. The van der Waals surface area contributed by atoms with E-state index in [1.54, 1.807) is 42.5 Å². The molecule has 3 rings (SSSR count). The number of rotatable bonds is 5. The van der Waals surface area contributed by atoms with Crippen molar-refractivity contribution >= 4 is 29.2 Å². The molecule has 2 aromatic rings. The molecule has 0 heterocycles. The number of methoxy groups -OCH3 is 1. The summed E-state index contributed by atoms with van der Waals surface area (Å²) in [5.74, 6) is -1.42. The summed E-state index contributed by atoms with van der Waals surface area (Å²) in [4.78, 5) is 37.0. The van der Waals surface area contributed by atoms with Gasteiger partial charge in [-0.25, -0.2) is 4.79 Å². The molecule has 0 bridgehead atoms. The fourth-order valence-corrected chi connectivity index (χ4v) is 2.71. The second kappa shape index (κ2) is 7.30. The molecule has 0 saturated heterocycles. The molecule has 0 spiro atoms. The molecule has 2 N–H and O–H groups in total. The number of para-hydroxylation sites is 1. The van der Waals surface area contributed by atoms with Crippen molar-refractivity contribution < 1.29 is 19.1 Å². The van der Waals surface area contributed by atoms with Crippen molar-refractivity contribution in [2.45, 2.75) is 12.8 Å². The zero-order chi connectivity index (χ0) is 19.4. The maximum absolute atomic E-state index is 12.7. The number of nitriles is 1. The van der Waals surface area contributed by atoms with Crippen molar-refractivity contribution in [3.63, 3.8) is 0 Å². The lowest BCUT2D eigenvalue weighted by Crippen LogP contribution is -2.35. The summed E-state index contributed by atoms with van der Waals surface area (Å²) in [5.41, 5.74) is 0.223. The zero-order valence-corrected chi connectivity index (χ0v) is 14.6. The van der Waals surface area contributed by atoms with Crippen LogP contribution in [0.1, 0.15) is 28.8 Å². The van der Waals surface area contributed by atoms with E-state index in [1.165, 1.54) is 13.2 Å². The number of carbonyl (C=O) groups is 3. The predicted molar refractivity (Wildman–Crippen MR) is 97.9 cm³/mol. The zero-order valence-electron chi connectivity index (χ0n) is 14.6. The van der Waals surface area contributed by atoms with Gasteiger partial charge < -0.3 is 15.4 Å². The third kappa shape index (κ3) is 3.65. The van der Waals surface area contributed by atoms with Crippen molar-refractivity contribution in [3.05, 3.63) is 59.7 Å². The molecule has 0 atom stereocenters. The van der Waals surface area contributed by atoms with Gasteiger partial charge in [0, 0.05) is 5.69 Å². The number of hydrogen-bond acceptors (Lipinski definition) is 5. The molecule has 7 nitrogen and oxygen atoms in total. The van der Waals surface area contributed by atoms with Crippen molar-refractivity contribution in [3.8, 4) is 6.07 Å². The molecule has 2 aromatic carbocycles. The Labute approximate surface area is 155 Å². The molecule has 0 unspecified atom stereocenters. The Kier molecular flexibility index (Phi) is 4.90. The number of esters is 1. The van der Waals surface area contributed by atoms with Crippen molar-refractivity contribution in [1.29, 1.82) is 5.26 Å². The third-order valence-corrected chi connectivity index (χ3v) is 4.46. The van der Waals surface area contributed by atoms with Crippen LogP contribution >= 0.6 is 0 Å². The Morgan fingerprint density at radius 2 is 1.74 bits per heavy atom. The lowest BCUT2D eigenvalue weighted by atomic mass is 10.0. The first kappa shape index (κ1) is 18.1. The van der Waals surface area contributed by atoms with Gasteiger partial charge in [-0.05, 0) is 43.2 Å². The summed E-state index contributed by atoms with van der Waals surface area (Å²) < 4.78 is 4.66. The number of ether oxygens (including phenoxy) is 1. The van der Waals surface area contributed by atoms with Gasteiger partial charge in [0.15, 0.2) is 0 Å². The molecule has 0 radical (unpaired) electrons. The largest absolute Gasteiger partial charge is 0.465 e. The van der Waals surface area contributed by atoms with Gasteiger partial charge in [0.2, 0.25) is 11.8 Å². The molecule has 7 heteroatoms. The van der Waals surface area contributed by atoms with E-state index < -0.39 is 23.2 Å². The number of nitrogens with zero attached hydrogens (tertiary/aromatic N) is 1. The van der Waals surface area contributed by atoms with Crippen LogP contribution in [0.4, 0.5) is 11.4 Å². The van der Waals surface area contributed by atoms with E-state index in [2.05, 4.69) is 15.4 Å². The average molecular weight is 363 g/mol. The standard InChI is InChI=1S/C20H17N3O4/c1-27-17(24)13-6-4-7-15(11-13)22-18(25)20(9-10-20)19(26)23-16-8-3-2-5-14(16)12-21/h2-8,11H,9-10H2,1H3,(H,22,25)(H,23,26). The fraction of sp³-hybridized carbons (Fsp3) is 0.200. The number of hydrogen-bond donors (Lipinski definition) is 2.